The maximum atomic E-state index is 5.76. The Morgan fingerprint density at radius 1 is 1.17 bits per heavy atom. The molecule has 2 aromatic heterocycles. The maximum Gasteiger partial charge on any atom is 0.174 e. The minimum atomic E-state index is 0.0205. The predicted molar refractivity (Wildman–Crippen MR) is 88.9 cm³/mol. The molecular weight excluding hydrogens is 358 g/mol. The van der Waals surface area contributed by atoms with E-state index in [0.717, 1.165) is 27.2 Å². The number of epoxide rings is 1. The summed E-state index contributed by atoms with van der Waals surface area (Å²) in [5, 5.41) is 4.33. The monoisotopic (exact) mass is 371 g/mol. The number of aromatic nitrogens is 3. The summed E-state index contributed by atoms with van der Waals surface area (Å²) in [5.74, 6) is 0.738. The highest BCUT2D eigenvalue weighted by atomic mass is 79.9. The summed E-state index contributed by atoms with van der Waals surface area (Å²) in [4.78, 5) is 4.49. The molecule has 5 nitrogen and oxygen atoms in total. The summed E-state index contributed by atoms with van der Waals surface area (Å²) < 4.78 is 13.8. The van der Waals surface area contributed by atoms with Crippen LogP contribution in [0.5, 0.6) is 5.75 Å². The van der Waals surface area contributed by atoms with E-state index in [1.165, 1.54) is 0 Å². The molecule has 1 saturated heterocycles. The van der Waals surface area contributed by atoms with E-state index in [-0.39, 0.29) is 6.23 Å². The molecule has 1 atom stereocenters. The molecule has 0 bridgehead atoms. The van der Waals surface area contributed by atoms with Crippen LogP contribution in [0.1, 0.15) is 11.8 Å². The number of halogens is 1. The molecule has 1 fully saturated rings. The van der Waals surface area contributed by atoms with Crippen molar-refractivity contribution < 1.29 is 9.47 Å². The average Bonchev–Trinajstić information content (AvgIpc) is 3.37. The Bertz CT molecular complexity index is 798. The Hall–Kier alpha value is -2.18. The number of hydrogen-bond donors (Lipinski definition) is 0. The molecule has 116 valence electrons. The highest BCUT2D eigenvalue weighted by Gasteiger charge is 2.29. The van der Waals surface area contributed by atoms with Gasteiger partial charge in [0.1, 0.15) is 18.1 Å². The molecule has 1 aliphatic heterocycles. The number of rotatable bonds is 5. The third-order valence-corrected chi connectivity index (χ3v) is 4.15. The van der Waals surface area contributed by atoms with Crippen LogP contribution in [0.15, 0.2) is 59.3 Å². The Morgan fingerprint density at radius 3 is 2.70 bits per heavy atom. The first kappa shape index (κ1) is 14.4. The maximum absolute atomic E-state index is 5.76. The topological polar surface area (TPSA) is 52.5 Å². The van der Waals surface area contributed by atoms with E-state index in [0.29, 0.717) is 13.2 Å². The molecule has 6 heteroatoms. The fourth-order valence-electron chi connectivity index (χ4n) is 2.33. The molecule has 23 heavy (non-hydrogen) atoms. The fraction of sp³-hybridized carbons (Fsp3) is 0.176. The van der Waals surface area contributed by atoms with Crippen LogP contribution in [0.25, 0.3) is 11.4 Å². The van der Waals surface area contributed by atoms with Crippen molar-refractivity contribution in [2.24, 2.45) is 0 Å². The van der Waals surface area contributed by atoms with Gasteiger partial charge in [0.25, 0.3) is 0 Å². The SMILES string of the molecule is Brc1cnn(C2CO2)c1-c1ccc(OCc2ccccc2)cn1. The van der Waals surface area contributed by atoms with E-state index in [4.69, 9.17) is 9.47 Å². The van der Waals surface area contributed by atoms with Gasteiger partial charge in [-0.15, -0.1) is 0 Å². The van der Waals surface area contributed by atoms with Gasteiger partial charge in [-0.3, -0.25) is 4.98 Å². The lowest BCUT2D eigenvalue weighted by Crippen LogP contribution is -2.01. The lowest BCUT2D eigenvalue weighted by Gasteiger charge is -2.08. The van der Waals surface area contributed by atoms with E-state index < -0.39 is 0 Å². The lowest BCUT2D eigenvalue weighted by atomic mass is 10.2. The second-order valence-corrected chi connectivity index (χ2v) is 6.08. The van der Waals surface area contributed by atoms with Crippen LogP contribution in [0.4, 0.5) is 0 Å². The van der Waals surface area contributed by atoms with E-state index in [2.05, 4.69) is 26.0 Å². The van der Waals surface area contributed by atoms with Gasteiger partial charge >= 0.3 is 0 Å². The fourth-order valence-corrected chi connectivity index (χ4v) is 2.81. The molecule has 0 N–H and O–H groups in total. The molecule has 0 aliphatic carbocycles. The quantitative estimate of drug-likeness (QED) is 0.639. The molecular formula is C17H14BrN3O2. The van der Waals surface area contributed by atoms with Crippen LogP contribution < -0.4 is 4.74 Å². The Labute approximate surface area is 142 Å². The molecule has 0 saturated carbocycles. The number of benzene rings is 1. The smallest absolute Gasteiger partial charge is 0.174 e. The molecule has 0 radical (unpaired) electrons. The van der Waals surface area contributed by atoms with Crippen molar-refractivity contribution in [3.8, 4) is 17.1 Å². The molecule has 0 amide bonds. The van der Waals surface area contributed by atoms with Gasteiger partial charge in [0.15, 0.2) is 6.23 Å². The second kappa shape index (κ2) is 6.14. The molecule has 1 aromatic carbocycles. The zero-order valence-corrected chi connectivity index (χ0v) is 13.8. The van der Waals surface area contributed by atoms with Crippen molar-refractivity contribution in [1.82, 2.24) is 14.8 Å². The predicted octanol–water partition coefficient (Wildman–Crippen LogP) is 3.82. The normalized spacial score (nSPS) is 16.3. The van der Waals surface area contributed by atoms with Crippen molar-refractivity contribution in [3.05, 3.63) is 64.9 Å². The number of pyridine rings is 1. The third kappa shape index (κ3) is 3.13. The summed E-state index contributed by atoms with van der Waals surface area (Å²) in [6.07, 6.45) is 3.51. The van der Waals surface area contributed by atoms with Gasteiger partial charge in [0.05, 0.1) is 29.2 Å². The minimum Gasteiger partial charge on any atom is -0.487 e. The van der Waals surface area contributed by atoms with Gasteiger partial charge in [-0.05, 0) is 33.6 Å². The van der Waals surface area contributed by atoms with E-state index in [9.17, 15) is 0 Å². The summed E-state index contributed by atoms with van der Waals surface area (Å²) in [5.41, 5.74) is 2.88. The molecule has 3 heterocycles. The molecule has 4 rings (SSSR count). The molecule has 1 unspecified atom stereocenters. The van der Waals surface area contributed by atoms with E-state index in [1.54, 1.807) is 12.4 Å². The Balaban J connectivity index is 1.51. The van der Waals surface area contributed by atoms with E-state index in [1.807, 2.05) is 47.1 Å². The number of nitrogens with zero attached hydrogens (tertiary/aromatic N) is 3. The average molecular weight is 372 g/mol. The van der Waals surface area contributed by atoms with Crippen LogP contribution in [-0.2, 0) is 11.3 Å². The van der Waals surface area contributed by atoms with Crippen LogP contribution in [0, 0.1) is 0 Å². The van der Waals surface area contributed by atoms with Crippen LogP contribution in [0.3, 0.4) is 0 Å². The van der Waals surface area contributed by atoms with Gasteiger partial charge in [0, 0.05) is 0 Å². The summed E-state index contributed by atoms with van der Waals surface area (Å²) in [6.45, 7) is 1.22. The van der Waals surface area contributed by atoms with Gasteiger partial charge < -0.3 is 9.47 Å². The summed E-state index contributed by atoms with van der Waals surface area (Å²) in [6, 6.07) is 13.9. The Morgan fingerprint density at radius 2 is 2.00 bits per heavy atom. The van der Waals surface area contributed by atoms with Crippen molar-refractivity contribution in [2.75, 3.05) is 6.61 Å². The van der Waals surface area contributed by atoms with Crippen LogP contribution in [0.2, 0.25) is 0 Å². The lowest BCUT2D eigenvalue weighted by molar-refractivity contribution is 0.305. The first-order valence-electron chi connectivity index (χ1n) is 7.29. The zero-order valence-electron chi connectivity index (χ0n) is 12.2. The highest BCUT2D eigenvalue weighted by molar-refractivity contribution is 9.10. The van der Waals surface area contributed by atoms with Crippen molar-refractivity contribution in [3.63, 3.8) is 0 Å². The van der Waals surface area contributed by atoms with Crippen LogP contribution in [-0.4, -0.2) is 21.4 Å². The van der Waals surface area contributed by atoms with E-state index >= 15 is 0 Å². The zero-order chi connectivity index (χ0) is 15.6. The number of ether oxygens (including phenoxy) is 2. The second-order valence-electron chi connectivity index (χ2n) is 5.23. The standard InChI is InChI=1S/C17H14BrN3O2/c18-14-9-20-21(16-11-23-16)17(14)15-7-6-13(8-19-15)22-10-12-4-2-1-3-5-12/h1-9,16H,10-11H2. The molecule has 1 aliphatic rings. The first-order chi connectivity index (χ1) is 11.3. The molecule has 3 aromatic rings. The van der Waals surface area contributed by atoms with Crippen molar-refractivity contribution in [2.45, 2.75) is 12.8 Å². The largest absolute Gasteiger partial charge is 0.487 e. The van der Waals surface area contributed by atoms with Crippen LogP contribution >= 0.6 is 15.9 Å². The summed E-state index contributed by atoms with van der Waals surface area (Å²) in [7, 11) is 0. The van der Waals surface area contributed by atoms with Gasteiger partial charge in [-0.2, -0.15) is 5.10 Å². The van der Waals surface area contributed by atoms with Gasteiger partial charge in [0.2, 0.25) is 0 Å². The minimum absolute atomic E-state index is 0.0205. The van der Waals surface area contributed by atoms with Gasteiger partial charge in [-0.25, -0.2) is 4.68 Å². The first-order valence-corrected chi connectivity index (χ1v) is 8.08. The molecule has 0 spiro atoms. The van der Waals surface area contributed by atoms with Gasteiger partial charge in [-0.1, -0.05) is 30.3 Å². The van der Waals surface area contributed by atoms with Crippen molar-refractivity contribution in [1.29, 1.82) is 0 Å². The summed E-state index contributed by atoms with van der Waals surface area (Å²) >= 11 is 3.52. The van der Waals surface area contributed by atoms with Crippen molar-refractivity contribution >= 4 is 15.9 Å². The Kier molecular flexibility index (Phi) is 3.85. The highest BCUT2D eigenvalue weighted by Crippen LogP contribution is 2.34. The number of hydrogen-bond acceptors (Lipinski definition) is 4. The third-order valence-electron chi connectivity index (χ3n) is 3.57.